The highest BCUT2D eigenvalue weighted by Crippen LogP contribution is 2.33. The van der Waals surface area contributed by atoms with Crippen molar-refractivity contribution in [1.82, 2.24) is 10.2 Å². The van der Waals surface area contributed by atoms with Gasteiger partial charge >= 0.3 is 0 Å². The Hall–Kier alpha value is -4.25. The van der Waals surface area contributed by atoms with Crippen LogP contribution in [-0.2, 0) is 26.2 Å². The lowest BCUT2D eigenvalue weighted by atomic mass is 9.95. The van der Waals surface area contributed by atoms with Crippen LogP contribution in [0.5, 0.6) is 17.2 Å². The molecule has 1 N–H and O–H groups in total. The zero-order chi connectivity index (χ0) is 31.7. The molecular weight excluding hydrogens is 582 g/mol. The molecule has 44 heavy (non-hydrogen) atoms. The number of carbonyl (C=O) groups excluding carboxylic acids is 2. The van der Waals surface area contributed by atoms with E-state index in [1.807, 2.05) is 12.1 Å². The smallest absolute Gasteiger partial charge is 0.264 e. The van der Waals surface area contributed by atoms with E-state index in [9.17, 15) is 18.0 Å². The molecule has 4 rings (SSSR count). The largest absolute Gasteiger partial charge is 0.497 e. The van der Waals surface area contributed by atoms with Crippen LogP contribution in [-0.4, -0.2) is 65.1 Å². The molecule has 1 aliphatic rings. The van der Waals surface area contributed by atoms with Crippen LogP contribution >= 0.6 is 0 Å². The minimum Gasteiger partial charge on any atom is -0.497 e. The molecule has 1 saturated carbocycles. The SMILES string of the molecule is COc1ccc(CN(C(=O)CN(c2ccccc2OC)S(=O)(=O)c2ccc(OC)cc2)[C@@H](C)C(=O)NC2CCCCC2)cc1. The fourth-order valence-corrected chi connectivity index (χ4v) is 6.73. The minimum absolute atomic E-state index is 0.0261. The third-order valence-electron chi connectivity index (χ3n) is 7.91. The zero-order valence-electron chi connectivity index (χ0n) is 25.7. The highest BCUT2D eigenvalue weighted by atomic mass is 32.2. The maximum absolute atomic E-state index is 14.2. The second-order valence-electron chi connectivity index (χ2n) is 10.7. The summed E-state index contributed by atoms with van der Waals surface area (Å²) < 4.78 is 45.2. The maximum Gasteiger partial charge on any atom is 0.264 e. The van der Waals surface area contributed by atoms with Crippen LogP contribution in [0.2, 0.25) is 0 Å². The number of hydrogen-bond donors (Lipinski definition) is 1. The molecule has 0 spiro atoms. The van der Waals surface area contributed by atoms with Gasteiger partial charge in [0.05, 0.1) is 31.9 Å². The number of carbonyl (C=O) groups is 2. The van der Waals surface area contributed by atoms with E-state index in [2.05, 4.69) is 5.32 Å². The summed E-state index contributed by atoms with van der Waals surface area (Å²) in [5.41, 5.74) is 0.959. The molecule has 0 unspecified atom stereocenters. The van der Waals surface area contributed by atoms with Gasteiger partial charge < -0.3 is 24.4 Å². The number of sulfonamides is 1. The molecule has 0 aliphatic heterocycles. The number of rotatable bonds is 13. The van der Waals surface area contributed by atoms with Crippen LogP contribution in [0.4, 0.5) is 5.69 Å². The number of para-hydroxylation sites is 2. The van der Waals surface area contributed by atoms with Gasteiger partial charge in [-0.1, -0.05) is 43.5 Å². The Labute approximate surface area is 260 Å². The van der Waals surface area contributed by atoms with E-state index in [0.717, 1.165) is 42.0 Å². The first-order chi connectivity index (χ1) is 21.2. The van der Waals surface area contributed by atoms with Crippen molar-refractivity contribution in [2.24, 2.45) is 0 Å². The van der Waals surface area contributed by atoms with Gasteiger partial charge in [-0.25, -0.2) is 8.42 Å². The van der Waals surface area contributed by atoms with Crippen molar-refractivity contribution in [3.05, 3.63) is 78.4 Å². The van der Waals surface area contributed by atoms with Crippen molar-refractivity contribution >= 4 is 27.5 Å². The predicted molar refractivity (Wildman–Crippen MR) is 169 cm³/mol. The Balaban J connectivity index is 1.70. The highest BCUT2D eigenvalue weighted by molar-refractivity contribution is 7.92. The summed E-state index contributed by atoms with van der Waals surface area (Å²) >= 11 is 0. The molecule has 2 amide bonds. The summed E-state index contributed by atoms with van der Waals surface area (Å²) in [5.74, 6) is 0.605. The zero-order valence-corrected chi connectivity index (χ0v) is 26.5. The second kappa shape index (κ2) is 15.0. The molecule has 3 aromatic rings. The number of methoxy groups -OCH3 is 3. The topological polar surface area (TPSA) is 114 Å². The number of nitrogens with zero attached hydrogens (tertiary/aromatic N) is 2. The molecule has 0 aromatic heterocycles. The average Bonchev–Trinajstić information content (AvgIpc) is 3.06. The summed E-state index contributed by atoms with van der Waals surface area (Å²) in [4.78, 5) is 29.1. The van der Waals surface area contributed by atoms with Crippen molar-refractivity contribution in [2.75, 3.05) is 32.2 Å². The fraction of sp³-hybridized carbons (Fsp3) is 0.394. The quantitative estimate of drug-likeness (QED) is 0.292. The number of ether oxygens (including phenoxy) is 3. The summed E-state index contributed by atoms with van der Waals surface area (Å²) in [6, 6.07) is 18.9. The van der Waals surface area contributed by atoms with E-state index < -0.39 is 28.5 Å². The Morgan fingerprint density at radius 2 is 1.43 bits per heavy atom. The maximum atomic E-state index is 14.2. The van der Waals surface area contributed by atoms with Crippen molar-refractivity contribution < 1.29 is 32.2 Å². The standard InChI is InChI=1S/C33H41N3O7S/c1-24(33(38)34-26-10-6-5-7-11-26)35(22-25-14-16-27(41-2)17-15-25)32(37)23-36(30-12-8-9-13-31(30)43-4)44(39,40)29-20-18-28(42-3)19-21-29/h8-9,12-21,24,26H,5-7,10-11,22-23H2,1-4H3,(H,34,38)/t24-/m0/s1. The number of amides is 2. The third-order valence-corrected chi connectivity index (χ3v) is 9.68. The molecule has 0 bridgehead atoms. The molecule has 1 fully saturated rings. The third kappa shape index (κ3) is 7.82. The summed E-state index contributed by atoms with van der Waals surface area (Å²) in [5, 5.41) is 3.11. The molecule has 3 aromatic carbocycles. The monoisotopic (exact) mass is 623 g/mol. The molecular formula is C33H41N3O7S. The molecule has 236 valence electrons. The van der Waals surface area contributed by atoms with Crippen molar-refractivity contribution in [3.8, 4) is 17.2 Å². The van der Waals surface area contributed by atoms with E-state index in [4.69, 9.17) is 14.2 Å². The molecule has 0 saturated heterocycles. The van der Waals surface area contributed by atoms with Crippen LogP contribution in [0.25, 0.3) is 0 Å². The van der Waals surface area contributed by atoms with E-state index in [1.165, 1.54) is 31.3 Å². The number of benzene rings is 3. The van der Waals surface area contributed by atoms with Crippen molar-refractivity contribution in [2.45, 2.75) is 62.6 Å². The highest BCUT2D eigenvalue weighted by Gasteiger charge is 2.34. The van der Waals surface area contributed by atoms with Gasteiger partial charge in [0, 0.05) is 12.6 Å². The molecule has 0 radical (unpaired) electrons. The van der Waals surface area contributed by atoms with Gasteiger partial charge in [-0.05, 0) is 73.9 Å². The van der Waals surface area contributed by atoms with Crippen molar-refractivity contribution in [3.63, 3.8) is 0 Å². The fourth-order valence-electron chi connectivity index (χ4n) is 5.30. The Kier molecular flexibility index (Phi) is 11.1. The van der Waals surface area contributed by atoms with E-state index in [-0.39, 0.29) is 34.8 Å². The summed E-state index contributed by atoms with van der Waals surface area (Å²) in [6.45, 7) is 1.20. The Morgan fingerprint density at radius 3 is 2.02 bits per heavy atom. The first-order valence-electron chi connectivity index (χ1n) is 14.7. The Morgan fingerprint density at radius 1 is 0.841 bits per heavy atom. The molecule has 0 heterocycles. The molecule has 10 nitrogen and oxygen atoms in total. The lowest BCUT2D eigenvalue weighted by molar-refractivity contribution is -0.139. The second-order valence-corrected chi connectivity index (χ2v) is 12.6. The molecule has 1 atom stereocenters. The summed E-state index contributed by atoms with van der Waals surface area (Å²) in [7, 11) is 0.239. The predicted octanol–water partition coefficient (Wildman–Crippen LogP) is 4.77. The summed E-state index contributed by atoms with van der Waals surface area (Å²) in [6.07, 6.45) is 5.03. The number of nitrogens with one attached hydrogen (secondary N) is 1. The van der Waals surface area contributed by atoms with Crippen molar-refractivity contribution in [1.29, 1.82) is 0 Å². The minimum atomic E-state index is -4.26. The van der Waals surface area contributed by atoms with Gasteiger partial charge in [-0.3, -0.25) is 13.9 Å². The Bertz CT molecular complexity index is 1510. The van der Waals surface area contributed by atoms with Gasteiger partial charge in [0.2, 0.25) is 11.8 Å². The van der Waals surface area contributed by atoms with Crippen LogP contribution in [0, 0.1) is 0 Å². The van der Waals surface area contributed by atoms with Gasteiger partial charge in [0.1, 0.15) is 29.8 Å². The lowest BCUT2D eigenvalue weighted by Crippen LogP contribution is -2.53. The van der Waals surface area contributed by atoms with Crippen LogP contribution in [0.15, 0.2) is 77.7 Å². The van der Waals surface area contributed by atoms with Gasteiger partial charge in [-0.2, -0.15) is 0 Å². The molecule has 11 heteroatoms. The first kappa shape index (κ1) is 32.7. The van der Waals surface area contributed by atoms with E-state index in [0.29, 0.717) is 11.5 Å². The average molecular weight is 624 g/mol. The van der Waals surface area contributed by atoms with Crippen LogP contribution < -0.4 is 23.8 Å². The first-order valence-corrected chi connectivity index (χ1v) is 16.1. The molecule has 1 aliphatic carbocycles. The van der Waals surface area contributed by atoms with Crippen LogP contribution in [0.3, 0.4) is 0 Å². The number of hydrogen-bond acceptors (Lipinski definition) is 7. The normalized spacial score (nSPS) is 14.3. The van der Waals surface area contributed by atoms with E-state index in [1.54, 1.807) is 62.6 Å². The van der Waals surface area contributed by atoms with Gasteiger partial charge in [0.15, 0.2) is 0 Å². The van der Waals surface area contributed by atoms with Gasteiger partial charge in [-0.15, -0.1) is 0 Å². The van der Waals surface area contributed by atoms with Gasteiger partial charge in [0.25, 0.3) is 10.0 Å². The lowest BCUT2D eigenvalue weighted by Gasteiger charge is -2.33. The van der Waals surface area contributed by atoms with Crippen LogP contribution in [0.1, 0.15) is 44.6 Å². The number of anilines is 1. The van der Waals surface area contributed by atoms with E-state index >= 15 is 0 Å².